The van der Waals surface area contributed by atoms with E-state index in [9.17, 15) is 30.3 Å². The van der Waals surface area contributed by atoms with Crippen LogP contribution in [-0.4, -0.2) is 79.2 Å². The van der Waals surface area contributed by atoms with E-state index in [4.69, 9.17) is 46.0 Å². The van der Waals surface area contributed by atoms with Crippen LogP contribution in [0.1, 0.15) is 6.92 Å². The lowest BCUT2D eigenvalue weighted by molar-refractivity contribution is 0.246. The summed E-state index contributed by atoms with van der Waals surface area (Å²) in [5.74, 6) is -2.31. The average molecular weight is 853 g/mol. The van der Waals surface area contributed by atoms with Crippen molar-refractivity contribution in [3.8, 4) is 23.0 Å². The molecule has 9 N–H and O–H groups in total. The molecule has 0 amide bonds. The fourth-order valence-corrected chi connectivity index (χ4v) is 7.44. The first-order valence-electron chi connectivity index (χ1n) is 14.5. The van der Waals surface area contributed by atoms with E-state index in [1.807, 2.05) is 0 Å². The van der Waals surface area contributed by atoms with Gasteiger partial charge >= 0.3 is 16.2 Å². The molecule has 0 saturated heterocycles. The third-order valence-electron chi connectivity index (χ3n) is 7.13. The molecule has 2 aromatic carbocycles. The number of hydrogen-bond acceptors (Lipinski definition) is 19. The Balaban J connectivity index is 1.41. The minimum Gasteiger partial charge on any atom is -0.450 e. The van der Waals surface area contributed by atoms with Crippen molar-refractivity contribution in [2.75, 3.05) is 34.9 Å². The Bertz CT molecular complexity index is 2650. The minimum absolute atomic E-state index is 0.0168. The molecular weight excluding hydrogens is 828 g/mol. The van der Waals surface area contributed by atoms with E-state index >= 15 is 0 Å². The Morgan fingerprint density at radius 3 is 2.31 bits per heavy atom. The van der Waals surface area contributed by atoms with Gasteiger partial charge in [-0.05, 0) is 37.8 Å². The molecule has 0 radical (unpaired) electrons. The van der Waals surface area contributed by atoms with Gasteiger partial charge in [0.05, 0.1) is 16.7 Å². The van der Waals surface area contributed by atoms with E-state index in [2.05, 4.69) is 57.0 Å². The van der Waals surface area contributed by atoms with Crippen molar-refractivity contribution in [2.24, 2.45) is 4.99 Å². The zero-order valence-corrected chi connectivity index (χ0v) is 31.0. The van der Waals surface area contributed by atoms with Gasteiger partial charge in [0.1, 0.15) is 26.9 Å². The summed E-state index contributed by atoms with van der Waals surface area (Å²) in [6.07, 6.45) is -1.04. The summed E-state index contributed by atoms with van der Waals surface area (Å²) < 4.78 is 128. The molecule has 3 heterocycles. The Morgan fingerprint density at radius 1 is 0.981 bits per heavy atom. The molecule has 1 aromatic heterocycles. The first-order valence-corrected chi connectivity index (χ1v) is 19.6. The number of aromatic nitrogens is 4. The second-order valence-electron chi connectivity index (χ2n) is 11.0. The van der Waals surface area contributed by atoms with Crippen molar-refractivity contribution in [1.82, 2.24) is 19.9 Å². The number of halogens is 3. The summed E-state index contributed by atoms with van der Waals surface area (Å²) in [7, 11) is -8.73. The van der Waals surface area contributed by atoms with E-state index < -0.39 is 76.0 Å². The lowest BCUT2D eigenvalue weighted by Crippen LogP contribution is -2.27. The molecule has 2 aliphatic heterocycles. The summed E-state index contributed by atoms with van der Waals surface area (Å²) >= 11 is 8.78. The summed E-state index contributed by atoms with van der Waals surface area (Å²) in [5.41, 5.74) is -1.10. The standard InChI is InChI=1S/C27H24Cl2FN9O12S3/c1-9(33-27-38-25(30)37-26(31-3)39-27)8-32-13-6-4-11-19(23(13)52(40,41)42)49-21-15(28)18-22(16(29)17(21)35-11)50-20-12(36-18)5-7-14(24(20)53(43,44)45)34-10(2)51-54(46,47)48/h4-7,9,32,35,46-48H,2,8H2,1,3H3,(H,40,41,42)(H,43,44,45)(H2,31,33,37,38,39). The second-order valence-corrected chi connectivity index (χ2v) is 15.5. The minimum atomic E-state index is -5.19. The van der Waals surface area contributed by atoms with Crippen LogP contribution in [0.3, 0.4) is 0 Å². The van der Waals surface area contributed by atoms with E-state index in [1.54, 1.807) is 6.92 Å². The summed E-state index contributed by atoms with van der Waals surface area (Å²) in [5, 5.41) is 9.92. The first-order chi connectivity index (χ1) is 25.1. The molecule has 3 aromatic rings. The van der Waals surface area contributed by atoms with Gasteiger partial charge in [0, 0.05) is 19.6 Å². The van der Waals surface area contributed by atoms with Gasteiger partial charge in [-0.3, -0.25) is 22.8 Å². The van der Waals surface area contributed by atoms with E-state index in [-0.39, 0.29) is 68.1 Å². The monoisotopic (exact) mass is 851 g/mol. The highest BCUT2D eigenvalue weighted by Crippen LogP contribution is 2.55. The van der Waals surface area contributed by atoms with Crippen molar-refractivity contribution in [2.45, 2.75) is 22.8 Å². The number of benzene rings is 3. The maximum absolute atomic E-state index is 13.8. The Hall–Kier alpha value is -4.83. The highest BCUT2D eigenvalue weighted by atomic mass is 35.5. The number of rotatable bonds is 11. The third-order valence-corrected chi connectivity index (χ3v) is 10.1. The number of ether oxygens (including phenoxy) is 1. The van der Waals surface area contributed by atoms with Crippen LogP contribution in [-0.2, 0) is 24.4 Å². The van der Waals surface area contributed by atoms with Crippen molar-refractivity contribution in [1.29, 1.82) is 0 Å². The van der Waals surface area contributed by atoms with Gasteiger partial charge in [0.2, 0.25) is 17.8 Å². The van der Waals surface area contributed by atoms with Gasteiger partial charge in [0.15, 0.2) is 32.6 Å². The smallest absolute Gasteiger partial charge is 0.315 e. The van der Waals surface area contributed by atoms with Crippen LogP contribution in [0.5, 0.6) is 11.5 Å². The maximum Gasteiger partial charge on any atom is 0.315 e. The van der Waals surface area contributed by atoms with Crippen LogP contribution in [0.2, 0.25) is 10.0 Å². The van der Waals surface area contributed by atoms with Gasteiger partial charge in [-0.25, -0.2) is 9.98 Å². The number of nitrogens with one attached hydrogen (secondary N) is 4. The normalized spacial score (nSPS) is 14.1. The maximum atomic E-state index is 13.8. The fraction of sp³-hybridized carbons (Fsp3) is 0.148. The number of anilines is 5. The van der Waals surface area contributed by atoms with Gasteiger partial charge < -0.3 is 34.6 Å². The third kappa shape index (κ3) is 7.85. The Labute approximate surface area is 314 Å². The number of fused-ring (bicyclic) bond motifs is 4. The largest absolute Gasteiger partial charge is 0.450 e. The molecule has 27 heteroatoms. The van der Waals surface area contributed by atoms with Crippen LogP contribution in [0.15, 0.2) is 55.9 Å². The van der Waals surface area contributed by atoms with Crippen LogP contribution in [0.4, 0.5) is 33.3 Å². The van der Waals surface area contributed by atoms with Crippen LogP contribution in [0, 0.1) is 6.08 Å². The van der Waals surface area contributed by atoms with Gasteiger partial charge in [0.25, 0.3) is 21.3 Å². The predicted octanol–water partition coefficient (Wildman–Crippen LogP) is 5.39. The zero-order valence-electron chi connectivity index (χ0n) is 27.0. The van der Waals surface area contributed by atoms with E-state index in [0.717, 1.165) is 12.1 Å². The van der Waals surface area contributed by atoms with Gasteiger partial charge in [-0.15, -0.1) is 0 Å². The molecule has 1 aliphatic carbocycles. The van der Waals surface area contributed by atoms with Crippen LogP contribution in [0.25, 0.3) is 22.6 Å². The average Bonchev–Trinajstić information content (AvgIpc) is 3.05. The van der Waals surface area contributed by atoms with Crippen molar-refractivity contribution >= 4 is 94.6 Å². The first kappa shape index (κ1) is 38.9. The van der Waals surface area contributed by atoms with E-state index in [0.29, 0.717) is 0 Å². The van der Waals surface area contributed by atoms with Crippen LogP contribution < -0.4 is 31.4 Å². The zero-order chi connectivity index (χ0) is 39.5. The molecule has 0 bridgehead atoms. The highest BCUT2D eigenvalue weighted by molar-refractivity contribution is 8.15. The summed E-state index contributed by atoms with van der Waals surface area (Å²) in [6, 6.07) is 4.29. The molecule has 54 heavy (non-hydrogen) atoms. The molecule has 0 saturated carbocycles. The number of hydrogen-bond donors (Lipinski definition) is 9. The van der Waals surface area contributed by atoms with Gasteiger partial charge in [-0.2, -0.15) is 36.2 Å². The number of nitrogens with zero attached hydrogens (tertiary/aromatic N) is 5. The van der Waals surface area contributed by atoms with Crippen molar-refractivity contribution < 1.29 is 57.3 Å². The molecule has 3 aliphatic rings. The molecule has 1 atom stereocenters. The SMILES string of the molecule is C=C(N=c1ccc2nc3c(Cl)c4c(c(Cl)c3oc-2c1S(=O)(=O)O)Nc1ccc(NCC(C)Nc2nc(F)nc(NC)n2)c(S(=O)(=O)O)c1O4)OS(O)(O)O. The topological polar surface area (TPSA) is 313 Å². The molecule has 6 rings (SSSR count). The second kappa shape index (κ2) is 14.1. The van der Waals surface area contributed by atoms with Crippen molar-refractivity contribution in [3.63, 3.8) is 0 Å². The molecule has 0 spiro atoms. The molecule has 1 unspecified atom stereocenters. The Kier molecular flexibility index (Phi) is 10.2. The molecule has 21 nitrogen and oxygen atoms in total. The lowest BCUT2D eigenvalue weighted by atomic mass is 10.1. The highest BCUT2D eigenvalue weighted by Gasteiger charge is 2.35. The quantitative estimate of drug-likeness (QED) is 0.0448. The fourth-order valence-electron chi connectivity index (χ4n) is 5.06. The molecule has 0 fully saturated rings. The molecular formula is C27H24Cl2FN9O12S3. The van der Waals surface area contributed by atoms with Crippen LogP contribution >= 0.6 is 34.4 Å². The lowest BCUT2D eigenvalue weighted by Gasteiger charge is -2.27. The summed E-state index contributed by atoms with van der Waals surface area (Å²) in [6.45, 7) is 4.87. The molecule has 288 valence electrons. The Morgan fingerprint density at radius 2 is 1.67 bits per heavy atom. The van der Waals surface area contributed by atoms with Crippen molar-refractivity contribution in [3.05, 3.63) is 58.2 Å². The van der Waals surface area contributed by atoms with E-state index in [1.165, 1.54) is 19.2 Å². The summed E-state index contributed by atoms with van der Waals surface area (Å²) in [4.78, 5) is 17.3. The predicted molar refractivity (Wildman–Crippen MR) is 192 cm³/mol. The van der Waals surface area contributed by atoms with Gasteiger partial charge in [-0.1, -0.05) is 23.2 Å².